The minimum atomic E-state index is 0.126. The zero-order chi connectivity index (χ0) is 17.1. The van der Waals surface area contributed by atoms with Gasteiger partial charge in [-0.05, 0) is 6.92 Å². The SMILES string of the molecule is CN=C(NC#N)C(=NOC)c1ccccc1CO/N=C(/C)C#N. The lowest BCUT2D eigenvalue weighted by Gasteiger charge is -2.11. The van der Waals surface area contributed by atoms with E-state index in [0.29, 0.717) is 11.3 Å². The molecular weight excluding hydrogens is 296 g/mol. The van der Waals surface area contributed by atoms with E-state index >= 15 is 0 Å². The number of hydrogen-bond donors (Lipinski definition) is 1. The zero-order valence-corrected chi connectivity index (χ0v) is 13.1. The van der Waals surface area contributed by atoms with Crippen LogP contribution in [-0.2, 0) is 16.3 Å². The molecule has 0 aliphatic rings. The Kier molecular flexibility index (Phi) is 7.32. The molecule has 0 saturated carbocycles. The number of rotatable bonds is 6. The molecule has 118 valence electrons. The highest BCUT2D eigenvalue weighted by molar-refractivity contribution is 6.48. The quantitative estimate of drug-likeness (QED) is 0.281. The maximum atomic E-state index is 8.82. The van der Waals surface area contributed by atoms with E-state index in [-0.39, 0.29) is 18.2 Å². The number of amidine groups is 1. The van der Waals surface area contributed by atoms with E-state index in [1.54, 1.807) is 19.2 Å². The van der Waals surface area contributed by atoms with E-state index < -0.39 is 0 Å². The largest absolute Gasteiger partial charge is 0.399 e. The monoisotopic (exact) mass is 312 g/mol. The lowest BCUT2D eigenvalue weighted by atomic mass is 10.0. The van der Waals surface area contributed by atoms with Crippen LogP contribution in [0.3, 0.4) is 0 Å². The molecule has 0 fully saturated rings. The minimum absolute atomic E-state index is 0.126. The highest BCUT2D eigenvalue weighted by Gasteiger charge is 2.16. The molecular formula is C15H16N6O2. The molecule has 23 heavy (non-hydrogen) atoms. The second-order valence-electron chi connectivity index (χ2n) is 4.15. The Bertz CT molecular complexity index is 709. The Morgan fingerprint density at radius 3 is 2.61 bits per heavy atom. The fourth-order valence-electron chi connectivity index (χ4n) is 1.68. The standard InChI is InChI=1S/C15H16N6O2/c1-11(8-16)20-23-9-12-6-4-5-7-13(12)14(21-22-3)15(18-2)19-10-17/h4-7H,9H2,1-3H3,(H,18,19)/b20-11-,21-14?. The summed E-state index contributed by atoms with van der Waals surface area (Å²) < 4.78 is 0. The average Bonchev–Trinajstić information content (AvgIpc) is 2.58. The highest BCUT2D eigenvalue weighted by Crippen LogP contribution is 2.13. The van der Waals surface area contributed by atoms with Crippen molar-refractivity contribution in [3.8, 4) is 12.3 Å². The van der Waals surface area contributed by atoms with Crippen molar-refractivity contribution in [1.82, 2.24) is 5.32 Å². The van der Waals surface area contributed by atoms with Crippen molar-refractivity contribution in [2.75, 3.05) is 14.2 Å². The van der Waals surface area contributed by atoms with E-state index in [1.807, 2.05) is 24.3 Å². The van der Waals surface area contributed by atoms with Crippen LogP contribution in [0.1, 0.15) is 18.1 Å². The first-order valence-corrected chi connectivity index (χ1v) is 6.56. The van der Waals surface area contributed by atoms with E-state index in [4.69, 9.17) is 20.2 Å². The molecule has 1 rings (SSSR count). The molecule has 0 unspecified atom stereocenters. The minimum Gasteiger partial charge on any atom is -0.399 e. The molecule has 0 atom stereocenters. The van der Waals surface area contributed by atoms with E-state index in [9.17, 15) is 0 Å². The maximum absolute atomic E-state index is 8.82. The van der Waals surface area contributed by atoms with Gasteiger partial charge < -0.3 is 9.68 Å². The van der Waals surface area contributed by atoms with Crippen LogP contribution in [0.5, 0.6) is 0 Å². The Balaban J connectivity index is 3.17. The van der Waals surface area contributed by atoms with E-state index in [2.05, 4.69) is 20.6 Å². The molecule has 0 saturated heterocycles. The average molecular weight is 312 g/mol. The third-order valence-electron chi connectivity index (χ3n) is 2.66. The van der Waals surface area contributed by atoms with Crippen molar-refractivity contribution < 1.29 is 9.68 Å². The van der Waals surface area contributed by atoms with E-state index in [1.165, 1.54) is 14.2 Å². The third-order valence-corrected chi connectivity index (χ3v) is 2.66. The van der Waals surface area contributed by atoms with Gasteiger partial charge in [-0.15, -0.1) is 0 Å². The van der Waals surface area contributed by atoms with Gasteiger partial charge in [0.1, 0.15) is 19.8 Å². The number of nitrogens with one attached hydrogen (secondary N) is 1. The molecule has 1 aromatic carbocycles. The van der Waals surface area contributed by atoms with Gasteiger partial charge >= 0.3 is 0 Å². The number of benzene rings is 1. The second kappa shape index (κ2) is 9.53. The fraction of sp³-hybridized carbons (Fsp3) is 0.267. The van der Waals surface area contributed by atoms with E-state index in [0.717, 1.165) is 5.56 Å². The van der Waals surface area contributed by atoms with Crippen LogP contribution in [0.15, 0.2) is 39.6 Å². The highest BCUT2D eigenvalue weighted by atomic mass is 16.6. The number of nitrogens with zero attached hydrogens (tertiary/aromatic N) is 5. The van der Waals surface area contributed by atoms with Crippen molar-refractivity contribution in [3.05, 3.63) is 35.4 Å². The van der Waals surface area contributed by atoms with Crippen molar-refractivity contribution in [2.24, 2.45) is 15.3 Å². The first kappa shape index (κ1) is 17.7. The third kappa shape index (κ3) is 5.14. The Hall–Kier alpha value is -3.39. The van der Waals surface area contributed by atoms with Crippen LogP contribution in [0.25, 0.3) is 0 Å². The predicted molar refractivity (Wildman–Crippen MR) is 85.6 cm³/mol. The lowest BCUT2D eigenvalue weighted by molar-refractivity contribution is 0.130. The summed E-state index contributed by atoms with van der Waals surface area (Å²) in [5.74, 6) is 0.263. The number of nitriles is 2. The number of oxime groups is 2. The van der Waals surface area contributed by atoms with Crippen molar-refractivity contribution in [3.63, 3.8) is 0 Å². The molecule has 1 N–H and O–H groups in total. The molecule has 0 bridgehead atoms. The molecule has 0 aromatic heterocycles. The fourth-order valence-corrected chi connectivity index (χ4v) is 1.68. The van der Waals surface area contributed by atoms with Gasteiger partial charge in [0.25, 0.3) is 0 Å². The summed E-state index contributed by atoms with van der Waals surface area (Å²) in [7, 11) is 2.93. The Morgan fingerprint density at radius 2 is 2.00 bits per heavy atom. The van der Waals surface area contributed by atoms with Gasteiger partial charge in [-0.1, -0.05) is 34.6 Å². The lowest BCUT2D eigenvalue weighted by Crippen LogP contribution is -2.29. The van der Waals surface area contributed by atoms with Gasteiger partial charge in [0.05, 0.1) is 0 Å². The normalized spacial score (nSPS) is 12.1. The van der Waals surface area contributed by atoms with Gasteiger partial charge in [-0.2, -0.15) is 10.5 Å². The number of hydrogen-bond acceptors (Lipinski definition) is 7. The van der Waals surface area contributed by atoms with Crippen molar-refractivity contribution >= 4 is 17.3 Å². The molecule has 0 aliphatic carbocycles. The van der Waals surface area contributed by atoms with Gasteiger partial charge in [-0.25, -0.2) is 0 Å². The summed E-state index contributed by atoms with van der Waals surface area (Å²) in [6.07, 6.45) is 1.81. The van der Waals surface area contributed by atoms with Crippen molar-refractivity contribution in [1.29, 1.82) is 10.5 Å². The summed E-state index contributed by atoms with van der Waals surface area (Å²) in [5, 5.41) is 27.5. The van der Waals surface area contributed by atoms with Crippen molar-refractivity contribution in [2.45, 2.75) is 13.5 Å². The molecule has 0 aliphatic heterocycles. The topological polar surface area (TPSA) is 115 Å². The van der Waals surface area contributed by atoms with Gasteiger partial charge in [0.15, 0.2) is 23.5 Å². The summed E-state index contributed by atoms with van der Waals surface area (Å²) in [4.78, 5) is 14.0. The molecule has 1 aromatic rings. The first-order chi connectivity index (χ1) is 11.2. The molecule has 0 radical (unpaired) electrons. The molecule has 0 amide bonds. The Labute approximate surface area is 134 Å². The molecule has 0 spiro atoms. The first-order valence-electron chi connectivity index (χ1n) is 6.56. The van der Waals surface area contributed by atoms with Crippen LogP contribution >= 0.6 is 0 Å². The second-order valence-corrected chi connectivity index (χ2v) is 4.15. The Morgan fingerprint density at radius 1 is 1.26 bits per heavy atom. The van der Waals surface area contributed by atoms with Crippen LogP contribution in [0.2, 0.25) is 0 Å². The van der Waals surface area contributed by atoms with Gasteiger partial charge in [-0.3, -0.25) is 10.3 Å². The molecule has 8 nitrogen and oxygen atoms in total. The van der Waals surface area contributed by atoms with Crippen LogP contribution in [0.4, 0.5) is 0 Å². The van der Waals surface area contributed by atoms with Crippen LogP contribution in [0, 0.1) is 22.8 Å². The maximum Gasteiger partial charge on any atom is 0.182 e. The van der Waals surface area contributed by atoms with Gasteiger partial charge in [0.2, 0.25) is 0 Å². The summed E-state index contributed by atoms with van der Waals surface area (Å²) in [6, 6.07) is 9.12. The summed E-state index contributed by atoms with van der Waals surface area (Å²) >= 11 is 0. The predicted octanol–water partition coefficient (Wildman–Crippen LogP) is 1.55. The summed E-state index contributed by atoms with van der Waals surface area (Å²) in [6.45, 7) is 1.67. The molecule has 0 heterocycles. The smallest absolute Gasteiger partial charge is 0.182 e. The zero-order valence-electron chi connectivity index (χ0n) is 13.1. The number of aliphatic imine (C=N–C) groups is 1. The summed E-state index contributed by atoms with van der Waals surface area (Å²) in [5.41, 5.74) is 1.99. The van der Waals surface area contributed by atoms with Crippen LogP contribution in [-0.4, -0.2) is 31.4 Å². The molecule has 8 heteroatoms. The van der Waals surface area contributed by atoms with Gasteiger partial charge in [0, 0.05) is 18.2 Å². The van der Waals surface area contributed by atoms with Crippen LogP contribution < -0.4 is 5.32 Å².